The molecule has 0 unspecified atom stereocenters. The zero-order chi connectivity index (χ0) is 11.5. The normalized spacial score (nSPS) is 21.1. The van der Waals surface area contributed by atoms with Crippen LogP contribution in [0.3, 0.4) is 0 Å². The van der Waals surface area contributed by atoms with Gasteiger partial charge in [-0.2, -0.15) is 0 Å². The van der Waals surface area contributed by atoms with E-state index in [0.717, 1.165) is 0 Å². The molecule has 0 aliphatic carbocycles. The highest BCUT2D eigenvalue weighted by molar-refractivity contribution is 5.74. The van der Waals surface area contributed by atoms with Crippen LogP contribution in [0.4, 0.5) is 0 Å². The molecule has 1 saturated heterocycles. The summed E-state index contributed by atoms with van der Waals surface area (Å²) in [6.07, 6.45) is -1.17. The van der Waals surface area contributed by atoms with Gasteiger partial charge in [0.2, 0.25) is 6.23 Å². The van der Waals surface area contributed by atoms with Crippen molar-refractivity contribution in [1.82, 2.24) is 4.90 Å². The van der Waals surface area contributed by atoms with Crippen LogP contribution in [0.15, 0.2) is 0 Å². The molecule has 0 bridgehead atoms. The van der Waals surface area contributed by atoms with E-state index in [9.17, 15) is 9.90 Å². The van der Waals surface area contributed by atoms with Gasteiger partial charge in [0.25, 0.3) is 0 Å². The number of morpholine rings is 1. The molecule has 0 aromatic rings. The molecule has 0 aromatic carbocycles. The van der Waals surface area contributed by atoms with E-state index in [0.29, 0.717) is 26.3 Å². The highest BCUT2D eigenvalue weighted by Gasteiger charge is 2.29. The maximum atomic E-state index is 11.5. The Labute approximate surface area is 90.0 Å². The molecule has 1 heterocycles. The molecule has 1 fully saturated rings. The zero-order valence-electron chi connectivity index (χ0n) is 9.52. The van der Waals surface area contributed by atoms with Gasteiger partial charge in [0.05, 0.1) is 13.2 Å². The summed E-state index contributed by atoms with van der Waals surface area (Å²) >= 11 is 0. The third-order valence-electron chi connectivity index (χ3n) is 2.01. The summed E-state index contributed by atoms with van der Waals surface area (Å²) in [4.78, 5) is 13.2. The zero-order valence-corrected chi connectivity index (χ0v) is 9.52. The van der Waals surface area contributed by atoms with Crippen molar-refractivity contribution >= 4 is 5.97 Å². The van der Waals surface area contributed by atoms with Crippen molar-refractivity contribution in [1.29, 1.82) is 0 Å². The lowest BCUT2D eigenvalue weighted by Crippen LogP contribution is -2.49. The van der Waals surface area contributed by atoms with E-state index in [1.807, 2.05) is 0 Å². The quantitative estimate of drug-likeness (QED) is 0.659. The fourth-order valence-electron chi connectivity index (χ4n) is 1.33. The van der Waals surface area contributed by atoms with Gasteiger partial charge in [-0.25, -0.2) is 4.79 Å². The van der Waals surface area contributed by atoms with Gasteiger partial charge in [0, 0.05) is 13.1 Å². The van der Waals surface area contributed by atoms with Gasteiger partial charge < -0.3 is 14.6 Å². The lowest BCUT2D eigenvalue weighted by molar-refractivity contribution is -0.179. The van der Waals surface area contributed by atoms with Crippen LogP contribution in [0.2, 0.25) is 0 Å². The van der Waals surface area contributed by atoms with Gasteiger partial charge in [0.1, 0.15) is 5.60 Å². The first kappa shape index (κ1) is 12.4. The lowest BCUT2D eigenvalue weighted by Gasteiger charge is -2.31. The van der Waals surface area contributed by atoms with E-state index in [1.165, 1.54) is 0 Å². The summed E-state index contributed by atoms with van der Waals surface area (Å²) < 4.78 is 10.2. The lowest BCUT2D eigenvalue weighted by atomic mass is 10.2. The maximum absolute atomic E-state index is 11.5. The van der Waals surface area contributed by atoms with Gasteiger partial charge >= 0.3 is 5.97 Å². The van der Waals surface area contributed by atoms with E-state index in [4.69, 9.17) is 9.47 Å². The van der Waals surface area contributed by atoms with E-state index >= 15 is 0 Å². The van der Waals surface area contributed by atoms with Crippen LogP contribution in [0.5, 0.6) is 0 Å². The second-order valence-corrected chi connectivity index (χ2v) is 4.56. The van der Waals surface area contributed by atoms with Crippen LogP contribution in [-0.2, 0) is 14.3 Å². The highest BCUT2D eigenvalue weighted by atomic mass is 16.6. The highest BCUT2D eigenvalue weighted by Crippen LogP contribution is 2.11. The van der Waals surface area contributed by atoms with E-state index in [-0.39, 0.29) is 0 Å². The summed E-state index contributed by atoms with van der Waals surface area (Å²) in [5.41, 5.74) is -0.565. The van der Waals surface area contributed by atoms with Crippen molar-refractivity contribution in [2.24, 2.45) is 0 Å². The molecule has 0 radical (unpaired) electrons. The van der Waals surface area contributed by atoms with Gasteiger partial charge in [-0.05, 0) is 20.8 Å². The minimum atomic E-state index is -1.17. The second kappa shape index (κ2) is 4.92. The smallest absolute Gasteiger partial charge is 0.351 e. The molecule has 0 amide bonds. The molecule has 1 rings (SSSR count). The third-order valence-corrected chi connectivity index (χ3v) is 2.01. The third kappa shape index (κ3) is 4.15. The number of rotatable bonds is 2. The maximum Gasteiger partial charge on any atom is 0.351 e. The van der Waals surface area contributed by atoms with E-state index < -0.39 is 17.8 Å². The number of carbonyl (C=O) groups excluding carboxylic acids is 1. The van der Waals surface area contributed by atoms with Crippen molar-refractivity contribution in [3.8, 4) is 0 Å². The average Bonchev–Trinajstić information content (AvgIpc) is 2.15. The molecule has 88 valence electrons. The van der Waals surface area contributed by atoms with Gasteiger partial charge in [-0.1, -0.05) is 0 Å². The van der Waals surface area contributed by atoms with Crippen molar-refractivity contribution in [2.75, 3.05) is 26.3 Å². The molecule has 0 spiro atoms. The number of esters is 1. The second-order valence-electron chi connectivity index (χ2n) is 4.56. The van der Waals surface area contributed by atoms with Crippen molar-refractivity contribution in [3.05, 3.63) is 0 Å². The largest absolute Gasteiger partial charge is 0.457 e. The van der Waals surface area contributed by atoms with Gasteiger partial charge in [-0.15, -0.1) is 0 Å². The Morgan fingerprint density at radius 2 is 1.93 bits per heavy atom. The number of carbonyl (C=O) groups is 1. The first-order valence-electron chi connectivity index (χ1n) is 5.13. The Kier molecular flexibility index (Phi) is 4.07. The number of aliphatic hydroxyl groups excluding tert-OH is 1. The van der Waals surface area contributed by atoms with Crippen LogP contribution in [-0.4, -0.2) is 54.1 Å². The van der Waals surface area contributed by atoms with Gasteiger partial charge in [0.15, 0.2) is 0 Å². The summed E-state index contributed by atoms with van der Waals surface area (Å²) in [7, 11) is 0. The van der Waals surface area contributed by atoms with Gasteiger partial charge in [-0.3, -0.25) is 4.90 Å². The number of hydrogen-bond donors (Lipinski definition) is 1. The van der Waals surface area contributed by atoms with Crippen molar-refractivity contribution in [2.45, 2.75) is 32.6 Å². The Hall–Kier alpha value is -0.650. The molecule has 0 saturated carbocycles. The van der Waals surface area contributed by atoms with E-state index in [1.54, 1.807) is 25.7 Å². The molecule has 1 aliphatic rings. The first-order chi connectivity index (χ1) is 6.90. The Bertz CT molecular complexity index is 218. The topological polar surface area (TPSA) is 59.0 Å². The predicted molar refractivity (Wildman–Crippen MR) is 54.2 cm³/mol. The summed E-state index contributed by atoms with van der Waals surface area (Å²) in [6.45, 7) is 7.52. The summed E-state index contributed by atoms with van der Waals surface area (Å²) in [5.74, 6) is -0.593. The molecular weight excluding hydrogens is 198 g/mol. The molecule has 1 atom stereocenters. The number of nitrogens with zero attached hydrogens (tertiary/aromatic N) is 1. The van der Waals surface area contributed by atoms with Crippen molar-refractivity contribution in [3.63, 3.8) is 0 Å². The Morgan fingerprint density at radius 1 is 1.40 bits per heavy atom. The Balaban J connectivity index is 2.44. The predicted octanol–water partition coefficient (Wildman–Crippen LogP) is -0.0213. The molecule has 0 aromatic heterocycles. The standard InChI is InChI=1S/C10H19NO4/c1-10(2,3)15-9(13)8(12)11-4-6-14-7-5-11/h8,12H,4-7H2,1-3H3/t8-/m1/s1. The molecule has 15 heavy (non-hydrogen) atoms. The summed E-state index contributed by atoms with van der Waals surface area (Å²) in [5, 5.41) is 9.70. The first-order valence-corrected chi connectivity index (χ1v) is 5.13. The van der Waals surface area contributed by atoms with Crippen LogP contribution in [0.1, 0.15) is 20.8 Å². The fraction of sp³-hybridized carbons (Fsp3) is 0.900. The molecular formula is C10H19NO4. The molecule has 1 aliphatic heterocycles. The molecule has 5 nitrogen and oxygen atoms in total. The van der Waals surface area contributed by atoms with E-state index in [2.05, 4.69) is 0 Å². The van der Waals surface area contributed by atoms with Crippen LogP contribution < -0.4 is 0 Å². The SMILES string of the molecule is CC(C)(C)OC(=O)[C@@H](O)N1CCOCC1. The minimum absolute atomic E-state index is 0.542. The number of aliphatic hydroxyl groups is 1. The average molecular weight is 217 g/mol. The number of hydrogen-bond acceptors (Lipinski definition) is 5. The van der Waals surface area contributed by atoms with Crippen LogP contribution >= 0.6 is 0 Å². The molecule has 1 N–H and O–H groups in total. The van der Waals surface area contributed by atoms with Crippen molar-refractivity contribution < 1.29 is 19.4 Å². The monoisotopic (exact) mass is 217 g/mol. The number of ether oxygens (including phenoxy) is 2. The minimum Gasteiger partial charge on any atom is -0.457 e. The molecule has 5 heteroatoms. The van der Waals surface area contributed by atoms with Crippen LogP contribution in [0, 0.1) is 0 Å². The summed E-state index contributed by atoms with van der Waals surface area (Å²) in [6, 6.07) is 0. The Morgan fingerprint density at radius 3 is 2.40 bits per heavy atom. The fourth-order valence-corrected chi connectivity index (χ4v) is 1.33. The van der Waals surface area contributed by atoms with Crippen LogP contribution in [0.25, 0.3) is 0 Å².